The minimum absolute atomic E-state index is 0.306. The predicted molar refractivity (Wildman–Crippen MR) is 63.5 cm³/mol. The highest BCUT2D eigenvalue weighted by atomic mass is 16.7. The van der Waals surface area contributed by atoms with Crippen LogP contribution in [0.25, 0.3) is 0 Å². The summed E-state index contributed by atoms with van der Waals surface area (Å²) in [5.74, 6) is 0. The van der Waals surface area contributed by atoms with E-state index >= 15 is 0 Å². The van der Waals surface area contributed by atoms with Gasteiger partial charge in [0.05, 0.1) is 11.2 Å². The van der Waals surface area contributed by atoms with Crippen LogP contribution in [0.1, 0.15) is 33.3 Å². The standard InChI is InChI=1S/C12H17BNO2/c1-9-6-7-14-8-10(9)13-15-11(2,3)12(4,5)16-13/h7-8H,1-5H3. The van der Waals surface area contributed by atoms with Crippen LogP contribution in [0, 0.1) is 13.0 Å². The number of hydrogen-bond acceptors (Lipinski definition) is 3. The molecule has 1 aromatic rings. The van der Waals surface area contributed by atoms with E-state index in [2.05, 4.69) is 11.1 Å². The molecule has 2 heterocycles. The second kappa shape index (κ2) is 3.57. The van der Waals surface area contributed by atoms with Crippen molar-refractivity contribution in [2.24, 2.45) is 0 Å². The minimum Gasteiger partial charge on any atom is -0.399 e. The van der Waals surface area contributed by atoms with Gasteiger partial charge in [-0.25, -0.2) is 0 Å². The lowest BCUT2D eigenvalue weighted by molar-refractivity contribution is 0.00578. The Morgan fingerprint density at radius 2 is 1.75 bits per heavy atom. The SMILES string of the molecule is Cc1[c]cncc1B1OC(C)(C)C(C)(C)O1. The number of pyridine rings is 1. The molecule has 4 heteroatoms. The molecule has 0 spiro atoms. The second-order valence-corrected chi connectivity index (χ2v) is 5.22. The van der Waals surface area contributed by atoms with Crippen molar-refractivity contribution >= 4 is 12.6 Å². The van der Waals surface area contributed by atoms with E-state index in [1.54, 1.807) is 12.4 Å². The van der Waals surface area contributed by atoms with Gasteiger partial charge in [0, 0.05) is 23.9 Å². The lowest BCUT2D eigenvalue weighted by Gasteiger charge is -2.32. The van der Waals surface area contributed by atoms with Crippen molar-refractivity contribution in [3.8, 4) is 0 Å². The van der Waals surface area contributed by atoms with E-state index in [1.165, 1.54) is 0 Å². The van der Waals surface area contributed by atoms with Gasteiger partial charge in [-0.3, -0.25) is 4.98 Å². The first kappa shape index (κ1) is 11.6. The Balaban J connectivity index is 2.31. The summed E-state index contributed by atoms with van der Waals surface area (Å²) in [6.07, 6.45) is 3.44. The molecule has 2 rings (SSSR count). The van der Waals surface area contributed by atoms with Crippen LogP contribution in [0.15, 0.2) is 12.4 Å². The fourth-order valence-electron chi connectivity index (χ4n) is 1.64. The highest BCUT2D eigenvalue weighted by molar-refractivity contribution is 6.62. The Labute approximate surface area is 97.3 Å². The summed E-state index contributed by atoms with van der Waals surface area (Å²) in [5.41, 5.74) is 1.37. The molecular weight excluding hydrogens is 201 g/mol. The van der Waals surface area contributed by atoms with Crippen molar-refractivity contribution in [1.82, 2.24) is 4.98 Å². The largest absolute Gasteiger partial charge is 0.496 e. The summed E-state index contributed by atoms with van der Waals surface area (Å²) in [5, 5.41) is 0. The first-order valence-electron chi connectivity index (χ1n) is 5.51. The molecule has 0 unspecified atom stereocenters. The topological polar surface area (TPSA) is 31.4 Å². The fourth-order valence-corrected chi connectivity index (χ4v) is 1.64. The van der Waals surface area contributed by atoms with Crippen LogP contribution >= 0.6 is 0 Å². The summed E-state index contributed by atoms with van der Waals surface area (Å²) < 4.78 is 11.9. The quantitative estimate of drug-likeness (QED) is 0.669. The zero-order valence-electron chi connectivity index (χ0n) is 10.5. The van der Waals surface area contributed by atoms with E-state index in [1.807, 2.05) is 34.6 Å². The normalized spacial score (nSPS) is 22.4. The molecule has 0 amide bonds. The summed E-state index contributed by atoms with van der Waals surface area (Å²) in [7, 11) is -0.338. The third-order valence-electron chi connectivity index (χ3n) is 3.51. The Hall–Kier alpha value is -0.865. The van der Waals surface area contributed by atoms with Crippen LogP contribution < -0.4 is 5.46 Å². The summed E-state index contributed by atoms with van der Waals surface area (Å²) >= 11 is 0. The smallest absolute Gasteiger partial charge is 0.399 e. The van der Waals surface area contributed by atoms with E-state index in [-0.39, 0.29) is 18.3 Å². The molecule has 0 N–H and O–H groups in total. The molecule has 1 aliphatic rings. The second-order valence-electron chi connectivity index (χ2n) is 5.22. The highest BCUT2D eigenvalue weighted by Crippen LogP contribution is 2.36. The third kappa shape index (κ3) is 1.76. The van der Waals surface area contributed by atoms with Crippen LogP contribution in [0.5, 0.6) is 0 Å². The first-order chi connectivity index (χ1) is 7.33. The molecule has 0 aromatic carbocycles. The van der Waals surface area contributed by atoms with Gasteiger partial charge in [-0.05, 0) is 40.2 Å². The summed E-state index contributed by atoms with van der Waals surface area (Å²) in [6, 6.07) is 3.06. The van der Waals surface area contributed by atoms with Gasteiger partial charge in [0.15, 0.2) is 0 Å². The van der Waals surface area contributed by atoms with Gasteiger partial charge >= 0.3 is 7.12 Å². The van der Waals surface area contributed by atoms with E-state index < -0.39 is 0 Å². The maximum Gasteiger partial charge on any atom is 0.496 e. The van der Waals surface area contributed by atoms with Crippen LogP contribution in [0.2, 0.25) is 0 Å². The van der Waals surface area contributed by atoms with Crippen molar-refractivity contribution in [2.75, 3.05) is 0 Å². The fraction of sp³-hybridized carbons (Fsp3) is 0.583. The zero-order valence-corrected chi connectivity index (χ0v) is 10.5. The molecule has 1 radical (unpaired) electrons. The molecule has 1 saturated heterocycles. The number of rotatable bonds is 1. The Bertz CT molecular complexity index is 388. The number of aryl methyl sites for hydroxylation is 1. The van der Waals surface area contributed by atoms with E-state index in [9.17, 15) is 0 Å². The van der Waals surface area contributed by atoms with Crippen molar-refractivity contribution in [2.45, 2.75) is 45.8 Å². The average molecular weight is 218 g/mol. The molecule has 85 valence electrons. The maximum atomic E-state index is 5.95. The van der Waals surface area contributed by atoms with Crippen LogP contribution in [0.4, 0.5) is 0 Å². The van der Waals surface area contributed by atoms with Crippen LogP contribution in [0.3, 0.4) is 0 Å². The number of aromatic nitrogens is 1. The lowest BCUT2D eigenvalue weighted by Crippen LogP contribution is -2.41. The number of nitrogens with zero attached hydrogens (tertiary/aromatic N) is 1. The molecule has 0 atom stereocenters. The van der Waals surface area contributed by atoms with Gasteiger partial charge in [-0.2, -0.15) is 0 Å². The van der Waals surface area contributed by atoms with Gasteiger partial charge in [0.1, 0.15) is 0 Å². The van der Waals surface area contributed by atoms with E-state index in [0.717, 1.165) is 11.0 Å². The molecular formula is C12H17BNO2. The molecule has 1 fully saturated rings. The zero-order chi connectivity index (χ0) is 12.0. The van der Waals surface area contributed by atoms with Gasteiger partial charge < -0.3 is 9.31 Å². The van der Waals surface area contributed by atoms with Gasteiger partial charge in [0.2, 0.25) is 0 Å². The Morgan fingerprint density at radius 1 is 1.19 bits per heavy atom. The average Bonchev–Trinajstić information content (AvgIpc) is 2.36. The number of hydrogen-bond donors (Lipinski definition) is 0. The predicted octanol–water partition coefficient (Wildman–Crippen LogP) is 1.49. The molecule has 16 heavy (non-hydrogen) atoms. The molecule has 1 aliphatic heterocycles. The molecule has 0 saturated carbocycles. The van der Waals surface area contributed by atoms with Crippen molar-refractivity contribution in [3.63, 3.8) is 0 Å². The van der Waals surface area contributed by atoms with Crippen LogP contribution in [-0.4, -0.2) is 23.3 Å². The summed E-state index contributed by atoms with van der Waals surface area (Å²) in [6.45, 7) is 10.2. The Morgan fingerprint density at radius 3 is 2.25 bits per heavy atom. The van der Waals surface area contributed by atoms with Crippen LogP contribution in [-0.2, 0) is 9.31 Å². The van der Waals surface area contributed by atoms with Crippen molar-refractivity contribution in [3.05, 3.63) is 24.0 Å². The van der Waals surface area contributed by atoms with Crippen molar-refractivity contribution < 1.29 is 9.31 Å². The minimum atomic E-state index is -0.338. The lowest BCUT2D eigenvalue weighted by atomic mass is 9.77. The van der Waals surface area contributed by atoms with Gasteiger partial charge in [-0.15, -0.1) is 0 Å². The third-order valence-corrected chi connectivity index (χ3v) is 3.51. The monoisotopic (exact) mass is 218 g/mol. The van der Waals surface area contributed by atoms with Gasteiger partial charge in [-0.1, -0.05) is 0 Å². The van der Waals surface area contributed by atoms with Crippen molar-refractivity contribution in [1.29, 1.82) is 0 Å². The highest BCUT2D eigenvalue weighted by Gasteiger charge is 2.52. The Kier molecular flexibility index (Phi) is 2.59. The molecule has 3 nitrogen and oxygen atoms in total. The van der Waals surface area contributed by atoms with Gasteiger partial charge in [0.25, 0.3) is 0 Å². The van der Waals surface area contributed by atoms with E-state index in [4.69, 9.17) is 9.31 Å². The molecule has 0 bridgehead atoms. The molecule has 1 aromatic heterocycles. The maximum absolute atomic E-state index is 5.95. The summed E-state index contributed by atoms with van der Waals surface area (Å²) in [4.78, 5) is 4.07. The first-order valence-corrected chi connectivity index (χ1v) is 5.51. The molecule has 0 aliphatic carbocycles. The van der Waals surface area contributed by atoms with E-state index in [0.29, 0.717) is 0 Å².